The smallest absolute Gasteiger partial charge is 0.306 e. The molecular formula is C16H17N5O3. The number of nitrogens with zero attached hydrogens (tertiary/aromatic N) is 5. The molecule has 124 valence electrons. The van der Waals surface area contributed by atoms with Crippen molar-refractivity contribution in [3.05, 3.63) is 42.6 Å². The Kier molecular flexibility index (Phi) is 4.55. The topological polar surface area (TPSA) is 104 Å². The summed E-state index contributed by atoms with van der Waals surface area (Å²) in [5, 5.41) is 19.2. The second-order valence-corrected chi connectivity index (χ2v) is 5.52. The van der Waals surface area contributed by atoms with Gasteiger partial charge < -0.3 is 9.84 Å². The number of carboxylic acids is 1. The van der Waals surface area contributed by atoms with E-state index in [0.717, 1.165) is 0 Å². The van der Waals surface area contributed by atoms with Crippen molar-refractivity contribution in [2.75, 3.05) is 26.3 Å². The van der Waals surface area contributed by atoms with E-state index in [0.29, 0.717) is 37.7 Å². The van der Waals surface area contributed by atoms with Gasteiger partial charge in [-0.1, -0.05) is 6.07 Å². The molecular weight excluding hydrogens is 310 g/mol. The van der Waals surface area contributed by atoms with E-state index in [1.54, 1.807) is 41.6 Å². The van der Waals surface area contributed by atoms with Gasteiger partial charge in [0, 0.05) is 37.2 Å². The summed E-state index contributed by atoms with van der Waals surface area (Å²) in [6.07, 6.45) is 6.29. The Bertz CT molecular complexity index is 732. The molecule has 1 aliphatic rings. The summed E-state index contributed by atoms with van der Waals surface area (Å²) in [4.78, 5) is 21.6. The molecule has 0 radical (unpaired) electrons. The first kappa shape index (κ1) is 16.1. The Morgan fingerprint density at radius 1 is 1.42 bits per heavy atom. The largest absolute Gasteiger partial charge is 0.481 e. The van der Waals surface area contributed by atoms with Crippen molar-refractivity contribution in [2.24, 2.45) is 0 Å². The van der Waals surface area contributed by atoms with E-state index in [9.17, 15) is 15.2 Å². The highest BCUT2D eigenvalue weighted by atomic mass is 16.5. The molecule has 1 N–H and O–H groups in total. The number of hydrogen-bond acceptors (Lipinski definition) is 6. The molecule has 8 nitrogen and oxygen atoms in total. The summed E-state index contributed by atoms with van der Waals surface area (Å²) in [7, 11) is 0. The fraction of sp³-hybridized carbons (Fsp3) is 0.375. The normalized spacial score (nSPS) is 17.8. The standard InChI is InChI=1S/C16H17N5O3/c17-11-16(9-15(22)23,21-5-7-24-8-6-21)13-1-2-14(19-10-13)20-4-3-18-12-20/h1-4,10,12H,5-9H2,(H,22,23). The van der Waals surface area contributed by atoms with Crippen LogP contribution >= 0.6 is 0 Å². The van der Waals surface area contributed by atoms with Gasteiger partial charge in [0.1, 0.15) is 17.7 Å². The van der Waals surface area contributed by atoms with Crippen molar-refractivity contribution in [1.82, 2.24) is 19.4 Å². The third-order valence-electron chi connectivity index (χ3n) is 4.14. The van der Waals surface area contributed by atoms with E-state index in [1.807, 2.05) is 4.90 Å². The van der Waals surface area contributed by atoms with Gasteiger partial charge in [-0.25, -0.2) is 9.97 Å². The van der Waals surface area contributed by atoms with E-state index < -0.39 is 11.5 Å². The summed E-state index contributed by atoms with van der Waals surface area (Å²) >= 11 is 0. The molecule has 0 bridgehead atoms. The highest BCUT2D eigenvalue weighted by molar-refractivity contribution is 5.70. The zero-order valence-corrected chi connectivity index (χ0v) is 13.0. The van der Waals surface area contributed by atoms with Crippen molar-refractivity contribution in [3.63, 3.8) is 0 Å². The highest BCUT2D eigenvalue weighted by Crippen LogP contribution is 2.32. The van der Waals surface area contributed by atoms with Crippen molar-refractivity contribution in [1.29, 1.82) is 5.26 Å². The van der Waals surface area contributed by atoms with Crippen molar-refractivity contribution in [2.45, 2.75) is 12.0 Å². The molecule has 3 heterocycles. The van der Waals surface area contributed by atoms with Gasteiger partial charge in [0.2, 0.25) is 0 Å². The number of hydrogen-bond donors (Lipinski definition) is 1. The van der Waals surface area contributed by atoms with E-state index >= 15 is 0 Å². The van der Waals surface area contributed by atoms with E-state index in [1.165, 1.54) is 0 Å². The van der Waals surface area contributed by atoms with Crippen LogP contribution in [0.4, 0.5) is 0 Å². The van der Waals surface area contributed by atoms with Crippen LogP contribution in [0.2, 0.25) is 0 Å². The minimum Gasteiger partial charge on any atom is -0.481 e. The lowest BCUT2D eigenvalue weighted by molar-refractivity contribution is -0.140. The monoisotopic (exact) mass is 327 g/mol. The van der Waals surface area contributed by atoms with Crippen LogP contribution in [0.15, 0.2) is 37.1 Å². The molecule has 1 atom stereocenters. The van der Waals surface area contributed by atoms with Crippen LogP contribution in [0.5, 0.6) is 0 Å². The van der Waals surface area contributed by atoms with Crippen molar-refractivity contribution in [3.8, 4) is 11.9 Å². The molecule has 0 spiro atoms. The fourth-order valence-corrected chi connectivity index (χ4v) is 2.91. The Balaban J connectivity index is 1.98. The third kappa shape index (κ3) is 2.99. The van der Waals surface area contributed by atoms with Gasteiger partial charge in [0.05, 0.1) is 25.7 Å². The molecule has 2 aromatic rings. The van der Waals surface area contributed by atoms with E-state index in [2.05, 4.69) is 16.0 Å². The number of nitriles is 1. The minimum atomic E-state index is -1.25. The number of aromatic nitrogens is 3. The minimum absolute atomic E-state index is 0.310. The number of imidazole rings is 1. The van der Waals surface area contributed by atoms with Gasteiger partial charge >= 0.3 is 5.97 Å². The number of ether oxygens (including phenoxy) is 1. The van der Waals surface area contributed by atoms with Gasteiger partial charge in [-0.2, -0.15) is 5.26 Å². The lowest BCUT2D eigenvalue weighted by atomic mass is 9.86. The van der Waals surface area contributed by atoms with Gasteiger partial charge in [-0.05, 0) is 6.07 Å². The summed E-state index contributed by atoms with van der Waals surface area (Å²) in [5.41, 5.74) is -0.686. The maximum absolute atomic E-state index is 11.4. The predicted molar refractivity (Wildman–Crippen MR) is 83.3 cm³/mol. The van der Waals surface area contributed by atoms with E-state index in [-0.39, 0.29) is 6.42 Å². The van der Waals surface area contributed by atoms with Crippen molar-refractivity contribution >= 4 is 5.97 Å². The number of carbonyl (C=O) groups is 1. The van der Waals surface area contributed by atoms with Crippen LogP contribution in [0, 0.1) is 11.3 Å². The molecule has 24 heavy (non-hydrogen) atoms. The second kappa shape index (κ2) is 6.78. The SMILES string of the molecule is N#CC(CC(=O)O)(c1ccc(-n2ccnc2)nc1)N1CCOCC1. The van der Waals surface area contributed by atoms with Gasteiger partial charge in [0.25, 0.3) is 0 Å². The number of rotatable bonds is 5. The molecule has 0 aliphatic carbocycles. The molecule has 2 aromatic heterocycles. The van der Waals surface area contributed by atoms with Gasteiger partial charge in [0.15, 0.2) is 0 Å². The van der Waals surface area contributed by atoms with Gasteiger partial charge in [-0.15, -0.1) is 0 Å². The zero-order chi connectivity index (χ0) is 17.0. The zero-order valence-electron chi connectivity index (χ0n) is 13.0. The van der Waals surface area contributed by atoms with Crippen LogP contribution in [-0.2, 0) is 15.1 Å². The molecule has 0 aromatic carbocycles. The third-order valence-corrected chi connectivity index (χ3v) is 4.14. The number of aliphatic carboxylic acids is 1. The fourth-order valence-electron chi connectivity index (χ4n) is 2.91. The summed E-state index contributed by atoms with van der Waals surface area (Å²) < 4.78 is 7.06. The van der Waals surface area contributed by atoms with Crippen LogP contribution in [0.3, 0.4) is 0 Å². The molecule has 1 unspecified atom stereocenters. The summed E-state index contributed by atoms with van der Waals surface area (Å²) in [6.45, 7) is 1.96. The molecule has 1 aliphatic heterocycles. The average molecular weight is 327 g/mol. The Labute approximate surface area is 138 Å². The summed E-state index contributed by atoms with van der Waals surface area (Å²) in [6, 6.07) is 5.73. The Morgan fingerprint density at radius 2 is 2.21 bits per heavy atom. The quantitative estimate of drug-likeness (QED) is 0.865. The maximum Gasteiger partial charge on any atom is 0.306 e. The molecule has 1 fully saturated rings. The molecule has 0 saturated carbocycles. The lowest BCUT2D eigenvalue weighted by Crippen LogP contribution is -2.51. The average Bonchev–Trinajstić information content (AvgIpc) is 3.15. The molecule has 0 amide bonds. The Morgan fingerprint density at radius 3 is 2.75 bits per heavy atom. The number of pyridine rings is 1. The van der Waals surface area contributed by atoms with Crippen LogP contribution in [0.25, 0.3) is 5.82 Å². The predicted octanol–water partition coefficient (Wildman–Crippen LogP) is 0.793. The maximum atomic E-state index is 11.4. The first-order valence-electron chi connectivity index (χ1n) is 7.56. The van der Waals surface area contributed by atoms with Crippen LogP contribution < -0.4 is 0 Å². The molecule has 8 heteroatoms. The van der Waals surface area contributed by atoms with Crippen LogP contribution in [-0.4, -0.2) is 56.8 Å². The highest BCUT2D eigenvalue weighted by Gasteiger charge is 2.42. The van der Waals surface area contributed by atoms with Gasteiger partial charge in [-0.3, -0.25) is 14.3 Å². The Hall–Kier alpha value is -2.76. The first-order chi connectivity index (χ1) is 11.7. The van der Waals surface area contributed by atoms with Crippen LogP contribution in [0.1, 0.15) is 12.0 Å². The van der Waals surface area contributed by atoms with E-state index in [4.69, 9.17) is 4.74 Å². The lowest BCUT2D eigenvalue weighted by Gasteiger charge is -2.40. The van der Waals surface area contributed by atoms with Crippen molar-refractivity contribution < 1.29 is 14.6 Å². The first-order valence-corrected chi connectivity index (χ1v) is 7.56. The molecule has 3 rings (SSSR count). The summed E-state index contributed by atoms with van der Waals surface area (Å²) in [5.74, 6) is -0.373. The number of morpholine rings is 1. The number of carboxylic acid groups (broad SMARTS) is 1. The molecule has 1 saturated heterocycles. The second-order valence-electron chi connectivity index (χ2n) is 5.52.